The van der Waals surface area contributed by atoms with Crippen molar-refractivity contribution >= 4 is 5.88 Å². The summed E-state index contributed by atoms with van der Waals surface area (Å²) < 4.78 is 10.6. The molecule has 0 bridgehead atoms. The van der Waals surface area contributed by atoms with Gasteiger partial charge in [0, 0.05) is 12.1 Å². The zero-order valence-electron chi connectivity index (χ0n) is 11.8. The maximum atomic E-state index is 5.41. The number of fused-ring (bicyclic) bond motifs is 1. The van der Waals surface area contributed by atoms with Gasteiger partial charge in [0.2, 0.25) is 5.88 Å². The summed E-state index contributed by atoms with van der Waals surface area (Å²) in [5.41, 5.74) is 3.67. The molecule has 0 fully saturated rings. The first kappa shape index (κ1) is 13.0. The first-order chi connectivity index (χ1) is 9.86. The number of aryl methyl sites for hydroxylation is 2. The quantitative estimate of drug-likeness (QED) is 0.928. The minimum Gasteiger partial charge on any atom is -0.497 e. The second kappa shape index (κ2) is 5.99. The molecule has 4 nitrogen and oxygen atoms in total. The molecule has 4 heteroatoms. The van der Waals surface area contributed by atoms with Crippen LogP contribution in [-0.2, 0) is 19.3 Å². The van der Waals surface area contributed by atoms with Gasteiger partial charge in [-0.15, -0.1) is 0 Å². The van der Waals surface area contributed by atoms with Crippen LogP contribution in [0.2, 0.25) is 0 Å². The van der Waals surface area contributed by atoms with Gasteiger partial charge in [-0.3, -0.25) is 0 Å². The molecular weight excluding hydrogens is 252 g/mol. The Morgan fingerprint density at radius 1 is 1.20 bits per heavy atom. The van der Waals surface area contributed by atoms with Crippen molar-refractivity contribution in [3.63, 3.8) is 0 Å². The number of anilines is 1. The SMILES string of the molecule is COc1ccc(CCc2noc3c2CCCCN3)cc1. The highest BCUT2D eigenvalue weighted by molar-refractivity contribution is 5.44. The van der Waals surface area contributed by atoms with E-state index in [0.29, 0.717) is 0 Å². The lowest BCUT2D eigenvalue weighted by Gasteiger charge is -2.03. The number of nitrogens with one attached hydrogen (secondary N) is 1. The Morgan fingerprint density at radius 2 is 2.05 bits per heavy atom. The van der Waals surface area contributed by atoms with Crippen LogP contribution in [-0.4, -0.2) is 18.8 Å². The van der Waals surface area contributed by atoms with Gasteiger partial charge in [-0.2, -0.15) is 0 Å². The van der Waals surface area contributed by atoms with Crippen molar-refractivity contribution in [1.82, 2.24) is 5.16 Å². The van der Waals surface area contributed by atoms with Crippen LogP contribution in [0.15, 0.2) is 28.8 Å². The third-order valence-corrected chi connectivity index (χ3v) is 3.82. The summed E-state index contributed by atoms with van der Waals surface area (Å²) >= 11 is 0. The number of aromatic nitrogens is 1. The zero-order valence-corrected chi connectivity index (χ0v) is 11.8. The Morgan fingerprint density at radius 3 is 2.85 bits per heavy atom. The number of nitrogens with zero attached hydrogens (tertiary/aromatic N) is 1. The Balaban J connectivity index is 1.67. The molecule has 0 spiro atoms. The van der Waals surface area contributed by atoms with Crippen molar-refractivity contribution in [2.24, 2.45) is 0 Å². The monoisotopic (exact) mass is 272 g/mol. The predicted octanol–water partition coefficient (Wildman–Crippen LogP) is 3.22. The summed E-state index contributed by atoms with van der Waals surface area (Å²) in [7, 11) is 1.69. The van der Waals surface area contributed by atoms with Gasteiger partial charge >= 0.3 is 0 Å². The van der Waals surface area contributed by atoms with Gasteiger partial charge in [-0.05, 0) is 49.8 Å². The van der Waals surface area contributed by atoms with Gasteiger partial charge in [0.05, 0.1) is 12.8 Å². The van der Waals surface area contributed by atoms with Crippen molar-refractivity contribution in [3.05, 3.63) is 41.1 Å². The largest absolute Gasteiger partial charge is 0.497 e. The predicted molar refractivity (Wildman–Crippen MR) is 78.3 cm³/mol. The van der Waals surface area contributed by atoms with Crippen LogP contribution in [0.5, 0.6) is 5.75 Å². The molecule has 20 heavy (non-hydrogen) atoms. The first-order valence-electron chi connectivity index (χ1n) is 7.21. The molecule has 0 amide bonds. The van der Waals surface area contributed by atoms with E-state index in [4.69, 9.17) is 9.26 Å². The Labute approximate surface area is 119 Å². The van der Waals surface area contributed by atoms with E-state index in [1.165, 1.54) is 24.0 Å². The fourth-order valence-electron chi connectivity index (χ4n) is 2.62. The van der Waals surface area contributed by atoms with E-state index in [2.05, 4.69) is 22.6 Å². The second-order valence-corrected chi connectivity index (χ2v) is 5.17. The molecule has 3 rings (SSSR count). The molecule has 1 aliphatic rings. The molecule has 1 N–H and O–H groups in total. The lowest BCUT2D eigenvalue weighted by atomic mass is 10.0. The van der Waals surface area contributed by atoms with Crippen molar-refractivity contribution in [3.8, 4) is 5.75 Å². The van der Waals surface area contributed by atoms with Crippen LogP contribution in [0.3, 0.4) is 0 Å². The molecular formula is C16H20N2O2. The van der Waals surface area contributed by atoms with Gasteiger partial charge in [0.1, 0.15) is 5.75 Å². The third-order valence-electron chi connectivity index (χ3n) is 3.82. The van der Waals surface area contributed by atoms with E-state index in [9.17, 15) is 0 Å². The van der Waals surface area contributed by atoms with Crippen molar-refractivity contribution in [1.29, 1.82) is 0 Å². The summed E-state index contributed by atoms with van der Waals surface area (Å²) in [4.78, 5) is 0. The summed E-state index contributed by atoms with van der Waals surface area (Å²) in [6.07, 6.45) is 5.37. The molecule has 0 saturated carbocycles. The number of hydrogen-bond donors (Lipinski definition) is 1. The molecule has 0 atom stereocenters. The molecule has 0 aliphatic carbocycles. The van der Waals surface area contributed by atoms with E-state index in [1.807, 2.05) is 12.1 Å². The Bertz CT molecular complexity index is 560. The highest BCUT2D eigenvalue weighted by Crippen LogP contribution is 2.25. The average Bonchev–Trinajstić information content (AvgIpc) is 2.72. The third kappa shape index (κ3) is 2.79. The van der Waals surface area contributed by atoms with Crippen LogP contribution in [0.4, 0.5) is 5.88 Å². The van der Waals surface area contributed by atoms with Gasteiger partial charge in [-0.1, -0.05) is 17.3 Å². The van der Waals surface area contributed by atoms with Gasteiger partial charge < -0.3 is 14.6 Å². The van der Waals surface area contributed by atoms with Crippen LogP contribution >= 0.6 is 0 Å². The van der Waals surface area contributed by atoms with Gasteiger partial charge in [-0.25, -0.2) is 0 Å². The fourth-order valence-corrected chi connectivity index (χ4v) is 2.62. The summed E-state index contributed by atoms with van der Waals surface area (Å²) in [5, 5.41) is 7.54. The number of benzene rings is 1. The lowest BCUT2D eigenvalue weighted by Crippen LogP contribution is -1.98. The topological polar surface area (TPSA) is 47.3 Å². The standard InChI is InChI=1S/C16H20N2O2/c1-19-13-8-5-12(6-9-13)7-10-15-14-4-2-3-11-17-16(14)20-18-15/h5-6,8-9,17H,2-4,7,10-11H2,1H3. The molecule has 106 valence electrons. The van der Waals surface area contributed by atoms with Crippen molar-refractivity contribution < 1.29 is 9.26 Å². The summed E-state index contributed by atoms with van der Waals surface area (Å²) in [5.74, 6) is 1.78. The maximum absolute atomic E-state index is 5.41. The Kier molecular flexibility index (Phi) is 3.90. The highest BCUT2D eigenvalue weighted by Gasteiger charge is 2.17. The second-order valence-electron chi connectivity index (χ2n) is 5.17. The smallest absolute Gasteiger partial charge is 0.228 e. The fraction of sp³-hybridized carbons (Fsp3) is 0.438. The minimum atomic E-state index is 0.882. The van der Waals surface area contributed by atoms with E-state index in [1.54, 1.807) is 7.11 Å². The molecule has 1 aromatic carbocycles. The number of hydrogen-bond acceptors (Lipinski definition) is 4. The van der Waals surface area contributed by atoms with Crippen LogP contribution in [0, 0.1) is 0 Å². The van der Waals surface area contributed by atoms with E-state index >= 15 is 0 Å². The molecule has 1 aliphatic heterocycles. The van der Waals surface area contributed by atoms with Crippen LogP contribution in [0.1, 0.15) is 29.7 Å². The molecule has 2 aromatic rings. The number of methoxy groups -OCH3 is 1. The summed E-state index contributed by atoms with van der Waals surface area (Å²) in [6, 6.07) is 8.21. The van der Waals surface area contributed by atoms with Crippen molar-refractivity contribution in [2.45, 2.75) is 32.1 Å². The Hall–Kier alpha value is -1.97. The first-order valence-corrected chi connectivity index (χ1v) is 7.21. The van der Waals surface area contributed by atoms with Gasteiger partial charge in [0.15, 0.2) is 0 Å². The molecule has 2 heterocycles. The molecule has 0 saturated heterocycles. The lowest BCUT2D eigenvalue weighted by molar-refractivity contribution is 0.414. The van der Waals surface area contributed by atoms with E-state index < -0.39 is 0 Å². The maximum Gasteiger partial charge on any atom is 0.228 e. The van der Waals surface area contributed by atoms with Crippen LogP contribution in [0.25, 0.3) is 0 Å². The van der Waals surface area contributed by atoms with Crippen LogP contribution < -0.4 is 10.1 Å². The number of ether oxygens (including phenoxy) is 1. The van der Waals surface area contributed by atoms with E-state index in [0.717, 1.165) is 43.1 Å². The van der Waals surface area contributed by atoms with E-state index in [-0.39, 0.29) is 0 Å². The number of rotatable bonds is 4. The molecule has 1 aromatic heterocycles. The molecule has 0 unspecified atom stereocenters. The minimum absolute atomic E-state index is 0.882. The summed E-state index contributed by atoms with van der Waals surface area (Å²) in [6.45, 7) is 0.986. The highest BCUT2D eigenvalue weighted by atomic mass is 16.5. The average molecular weight is 272 g/mol. The van der Waals surface area contributed by atoms with Gasteiger partial charge in [0.25, 0.3) is 0 Å². The molecule has 0 radical (unpaired) electrons. The normalized spacial score (nSPS) is 14.2. The zero-order chi connectivity index (χ0) is 13.8. The van der Waals surface area contributed by atoms with Crippen molar-refractivity contribution in [2.75, 3.05) is 19.0 Å².